The molecular weight excluding hydrogens is 400 g/mol. The molecule has 0 unspecified atom stereocenters. The number of H-pyrrole nitrogens is 1. The highest BCUT2D eigenvalue weighted by molar-refractivity contribution is 5.80. The van der Waals surface area contributed by atoms with Crippen molar-refractivity contribution >= 4 is 16.9 Å². The Kier molecular flexibility index (Phi) is 8.27. The number of rotatable bonds is 12. The number of hydrogen-bond acceptors (Lipinski definition) is 8. The van der Waals surface area contributed by atoms with Gasteiger partial charge >= 0.3 is 0 Å². The van der Waals surface area contributed by atoms with E-state index < -0.39 is 0 Å². The Morgan fingerprint density at radius 3 is 2.81 bits per heavy atom. The van der Waals surface area contributed by atoms with Crippen molar-refractivity contribution in [2.75, 3.05) is 44.8 Å². The molecule has 0 fully saturated rings. The van der Waals surface area contributed by atoms with Crippen LogP contribution in [0.1, 0.15) is 13.3 Å². The largest absolute Gasteiger partial charge is 0.395 e. The van der Waals surface area contributed by atoms with Crippen molar-refractivity contribution in [3.05, 3.63) is 51.3 Å². The predicted molar refractivity (Wildman–Crippen MR) is 119 cm³/mol. The molecule has 0 saturated heterocycles. The van der Waals surface area contributed by atoms with Gasteiger partial charge in [0, 0.05) is 50.6 Å². The van der Waals surface area contributed by atoms with Crippen LogP contribution >= 0.6 is 0 Å². The Morgan fingerprint density at radius 2 is 2.06 bits per heavy atom. The SMILES string of the molecule is CCCOCCn1c(=O)c(NCCNCCO)nc2cnc(-c3ccc(=O)[nH]c3)cc21. The van der Waals surface area contributed by atoms with Crippen molar-refractivity contribution in [3.63, 3.8) is 0 Å². The van der Waals surface area contributed by atoms with E-state index in [1.165, 1.54) is 6.07 Å². The van der Waals surface area contributed by atoms with E-state index in [-0.39, 0.29) is 23.5 Å². The van der Waals surface area contributed by atoms with E-state index in [0.717, 1.165) is 12.0 Å². The van der Waals surface area contributed by atoms with Gasteiger partial charge < -0.3 is 30.0 Å². The van der Waals surface area contributed by atoms with E-state index in [4.69, 9.17) is 9.84 Å². The summed E-state index contributed by atoms with van der Waals surface area (Å²) in [6.07, 6.45) is 4.11. The third-order valence-corrected chi connectivity index (χ3v) is 4.60. The van der Waals surface area contributed by atoms with Crippen LogP contribution in [0.3, 0.4) is 0 Å². The normalized spacial score (nSPS) is 11.2. The van der Waals surface area contributed by atoms with Crippen molar-refractivity contribution in [1.29, 1.82) is 0 Å². The van der Waals surface area contributed by atoms with Gasteiger partial charge in [0.2, 0.25) is 5.56 Å². The first kappa shape index (κ1) is 22.6. The molecule has 0 spiro atoms. The minimum atomic E-state index is -0.242. The second kappa shape index (κ2) is 11.3. The number of nitrogens with zero attached hydrogens (tertiary/aromatic N) is 3. The summed E-state index contributed by atoms with van der Waals surface area (Å²) in [5.41, 5.74) is 2.15. The van der Waals surface area contributed by atoms with Crippen LogP contribution < -0.4 is 21.8 Å². The standard InChI is InChI=1S/C21H28N6O4/c1-2-10-31-11-8-27-18-12-16(15-3-4-19(29)25-13-15)24-14-17(18)26-20(21(27)30)23-6-5-22-7-9-28/h3-4,12-14,22,28H,2,5-11H2,1H3,(H,23,26)(H,25,29). The van der Waals surface area contributed by atoms with E-state index in [1.54, 1.807) is 29.1 Å². The zero-order chi connectivity index (χ0) is 22.1. The summed E-state index contributed by atoms with van der Waals surface area (Å²) in [6.45, 7) is 5.06. The lowest BCUT2D eigenvalue weighted by Gasteiger charge is -2.14. The van der Waals surface area contributed by atoms with Gasteiger partial charge in [-0.25, -0.2) is 4.98 Å². The maximum Gasteiger partial charge on any atom is 0.293 e. The van der Waals surface area contributed by atoms with Crippen molar-refractivity contribution in [2.45, 2.75) is 19.9 Å². The average Bonchev–Trinajstić information content (AvgIpc) is 2.78. The van der Waals surface area contributed by atoms with E-state index >= 15 is 0 Å². The van der Waals surface area contributed by atoms with Crippen LogP contribution in [0.4, 0.5) is 5.82 Å². The molecule has 166 valence electrons. The summed E-state index contributed by atoms with van der Waals surface area (Å²) >= 11 is 0. The van der Waals surface area contributed by atoms with Crippen LogP contribution in [0.5, 0.6) is 0 Å². The highest BCUT2D eigenvalue weighted by atomic mass is 16.5. The van der Waals surface area contributed by atoms with Gasteiger partial charge in [0.05, 0.1) is 30.6 Å². The molecule has 0 amide bonds. The zero-order valence-electron chi connectivity index (χ0n) is 17.6. The number of aliphatic hydroxyl groups excluding tert-OH is 1. The number of hydrogen-bond donors (Lipinski definition) is 4. The molecule has 0 aliphatic rings. The highest BCUT2D eigenvalue weighted by Gasteiger charge is 2.13. The van der Waals surface area contributed by atoms with Crippen molar-refractivity contribution in [2.24, 2.45) is 0 Å². The van der Waals surface area contributed by atoms with Gasteiger partial charge in [-0.05, 0) is 18.6 Å². The summed E-state index contributed by atoms with van der Waals surface area (Å²) in [7, 11) is 0. The van der Waals surface area contributed by atoms with E-state index in [9.17, 15) is 9.59 Å². The first-order valence-corrected chi connectivity index (χ1v) is 10.4. The first-order chi connectivity index (χ1) is 15.1. The maximum absolute atomic E-state index is 13.1. The van der Waals surface area contributed by atoms with Crippen LogP contribution in [0.25, 0.3) is 22.3 Å². The molecule has 10 nitrogen and oxygen atoms in total. The molecule has 0 aliphatic carbocycles. The molecule has 0 aromatic carbocycles. The molecular formula is C21H28N6O4. The summed E-state index contributed by atoms with van der Waals surface area (Å²) < 4.78 is 7.23. The number of aliphatic hydroxyl groups is 1. The number of anilines is 1. The number of aromatic amines is 1. The summed E-state index contributed by atoms with van der Waals surface area (Å²) in [5.74, 6) is 0.243. The fourth-order valence-corrected chi connectivity index (χ4v) is 3.09. The Hall–Kier alpha value is -3.08. The Labute approximate surface area is 179 Å². The molecule has 0 bridgehead atoms. The molecule has 4 N–H and O–H groups in total. The summed E-state index contributed by atoms with van der Waals surface area (Å²) in [6, 6.07) is 4.91. The van der Waals surface area contributed by atoms with Crippen LogP contribution in [-0.4, -0.2) is 64.1 Å². The number of fused-ring (bicyclic) bond motifs is 1. The molecule has 3 aromatic heterocycles. The van der Waals surface area contributed by atoms with Gasteiger partial charge in [0.1, 0.15) is 5.52 Å². The molecule has 10 heteroatoms. The quantitative estimate of drug-likeness (QED) is 0.308. The van der Waals surface area contributed by atoms with Gasteiger partial charge in [0.25, 0.3) is 5.56 Å². The maximum atomic E-state index is 13.1. The minimum absolute atomic E-state index is 0.0576. The van der Waals surface area contributed by atoms with Crippen LogP contribution in [0.2, 0.25) is 0 Å². The first-order valence-electron chi connectivity index (χ1n) is 10.4. The Morgan fingerprint density at radius 1 is 1.19 bits per heavy atom. The topological polar surface area (TPSA) is 134 Å². The van der Waals surface area contributed by atoms with E-state index in [1.807, 2.05) is 6.92 Å². The second-order valence-electron chi connectivity index (χ2n) is 6.93. The fraction of sp³-hybridized carbons (Fsp3) is 0.429. The number of nitrogens with one attached hydrogen (secondary N) is 3. The lowest BCUT2D eigenvalue weighted by Crippen LogP contribution is -2.30. The molecule has 31 heavy (non-hydrogen) atoms. The third kappa shape index (κ3) is 5.97. The van der Waals surface area contributed by atoms with Crippen LogP contribution in [-0.2, 0) is 11.3 Å². The lowest BCUT2D eigenvalue weighted by molar-refractivity contribution is 0.127. The second-order valence-corrected chi connectivity index (χ2v) is 6.93. The van der Waals surface area contributed by atoms with Gasteiger partial charge in [-0.3, -0.25) is 14.6 Å². The van der Waals surface area contributed by atoms with Crippen molar-refractivity contribution in [3.8, 4) is 11.3 Å². The van der Waals surface area contributed by atoms with Gasteiger partial charge in [-0.2, -0.15) is 0 Å². The predicted octanol–water partition coefficient (Wildman–Crippen LogP) is 0.567. The average molecular weight is 428 g/mol. The molecule has 3 heterocycles. The molecule has 3 rings (SSSR count). The molecule has 0 aliphatic heterocycles. The van der Waals surface area contributed by atoms with Crippen LogP contribution in [0.15, 0.2) is 40.2 Å². The number of pyridine rings is 2. The molecule has 0 radical (unpaired) electrons. The Balaban J connectivity index is 1.94. The minimum Gasteiger partial charge on any atom is -0.395 e. The van der Waals surface area contributed by atoms with Crippen molar-refractivity contribution < 1.29 is 9.84 Å². The highest BCUT2D eigenvalue weighted by Crippen LogP contribution is 2.20. The fourth-order valence-electron chi connectivity index (χ4n) is 3.09. The van der Waals surface area contributed by atoms with Crippen LogP contribution in [0, 0.1) is 0 Å². The van der Waals surface area contributed by atoms with Crippen molar-refractivity contribution in [1.82, 2.24) is 24.8 Å². The van der Waals surface area contributed by atoms with E-state index in [0.29, 0.717) is 56.1 Å². The van der Waals surface area contributed by atoms with Gasteiger partial charge in [-0.15, -0.1) is 0 Å². The number of ether oxygens (including phenoxy) is 1. The smallest absolute Gasteiger partial charge is 0.293 e. The third-order valence-electron chi connectivity index (χ3n) is 4.60. The number of aromatic nitrogens is 4. The Bertz CT molecular complexity index is 1090. The summed E-state index contributed by atoms with van der Waals surface area (Å²) in [5, 5.41) is 14.9. The molecule has 0 atom stereocenters. The zero-order valence-corrected chi connectivity index (χ0v) is 17.6. The van der Waals surface area contributed by atoms with Gasteiger partial charge in [0.15, 0.2) is 5.82 Å². The lowest BCUT2D eigenvalue weighted by atomic mass is 10.2. The van der Waals surface area contributed by atoms with Gasteiger partial charge in [-0.1, -0.05) is 6.92 Å². The summed E-state index contributed by atoms with van der Waals surface area (Å²) in [4.78, 5) is 36.0. The van der Waals surface area contributed by atoms with E-state index in [2.05, 4.69) is 25.6 Å². The molecule has 0 saturated carbocycles. The molecule has 3 aromatic rings. The monoisotopic (exact) mass is 428 g/mol.